The van der Waals surface area contributed by atoms with E-state index in [4.69, 9.17) is 0 Å². The molecule has 0 aliphatic rings. The van der Waals surface area contributed by atoms with E-state index in [1.807, 2.05) is 11.3 Å². The van der Waals surface area contributed by atoms with Gasteiger partial charge in [-0.15, -0.1) is 11.3 Å². The minimum absolute atomic E-state index is 1.10. The molecule has 0 aliphatic carbocycles. The molecule has 11 aromatic rings. The molecule has 58 heavy (non-hydrogen) atoms. The molecule has 0 spiro atoms. The quantitative estimate of drug-likeness (QED) is 0.146. The summed E-state index contributed by atoms with van der Waals surface area (Å²) in [5.41, 5.74) is 12.9. The minimum atomic E-state index is 1.10. The summed E-state index contributed by atoms with van der Waals surface area (Å²) in [6.45, 7) is 0. The van der Waals surface area contributed by atoms with Crippen LogP contribution in [0.1, 0.15) is 0 Å². The normalized spacial score (nSPS) is 11.4. The molecule has 10 aromatic carbocycles. The highest BCUT2D eigenvalue weighted by molar-refractivity contribution is 7.25. The molecule has 0 saturated carbocycles. The van der Waals surface area contributed by atoms with Crippen LogP contribution in [-0.2, 0) is 0 Å². The Labute approximate surface area is 342 Å². The average molecular weight is 756 g/mol. The van der Waals surface area contributed by atoms with Gasteiger partial charge in [0.15, 0.2) is 0 Å². The van der Waals surface area contributed by atoms with E-state index in [-0.39, 0.29) is 0 Å². The fraction of sp³-hybridized carbons (Fsp3) is 0. The molecule has 1 heterocycles. The van der Waals surface area contributed by atoms with Crippen molar-refractivity contribution in [3.8, 4) is 44.5 Å². The standard InChI is InChI=1S/C56H37NS/c1-3-16-38(17-4-1)39-30-32-42(33-31-39)57(43-34-35-50-49-26-13-14-29-54(49)58-55(50)37-43)53-28-15-27-51(47-24-10-9-21-44(47)40-18-5-2-6-19-40)56(53)52-36-41-20-7-8-22-45(41)46-23-11-12-25-48(46)52/h1-37H. The number of fused-ring (bicyclic) bond motifs is 6. The van der Waals surface area contributed by atoms with Gasteiger partial charge in [0, 0.05) is 37.1 Å². The number of rotatable bonds is 7. The van der Waals surface area contributed by atoms with Gasteiger partial charge < -0.3 is 4.90 Å². The van der Waals surface area contributed by atoms with Gasteiger partial charge in [0.25, 0.3) is 0 Å². The lowest BCUT2D eigenvalue weighted by atomic mass is 9.85. The first-order valence-corrected chi connectivity index (χ1v) is 20.7. The number of nitrogens with zero attached hydrogens (tertiary/aromatic N) is 1. The van der Waals surface area contributed by atoms with Crippen molar-refractivity contribution in [1.29, 1.82) is 0 Å². The van der Waals surface area contributed by atoms with E-state index in [2.05, 4.69) is 229 Å². The van der Waals surface area contributed by atoms with Gasteiger partial charge in [-0.1, -0.05) is 182 Å². The Balaban J connectivity index is 1.24. The van der Waals surface area contributed by atoms with E-state index in [1.54, 1.807) is 0 Å². The molecule has 0 N–H and O–H groups in total. The maximum Gasteiger partial charge on any atom is 0.0546 e. The lowest BCUT2D eigenvalue weighted by Crippen LogP contribution is -2.12. The van der Waals surface area contributed by atoms with Crippen molar-refractivity contribution >= 4 is 70.1 Å². The second-order valence-corrected chi connectivity index (χ2v) is 15.9. The smallest absolute Gasteiger partial charge is 0.0546 e. The molecule has 0 atom stereocenters. The zero-order chi connectivity index (χ0) is 38.4. The number of benzene rings is 10. The van der Waals surface area contributed by atoms with Gasteiger partial charge in [0.2, 0.25) is 0 Å². The van der Waals surface area contributed by atoms with E-state index in [1.165, 1.54) is 86.2 Å². The van der Waals surface area contributed by atoms with Crippen LogP contribution < -0.4 is 4.90 Å². The highest BCUT2D eigenvalue weighted by atomic mass is 32.1. The van der Waals surface area contributed by atoms with Crippen LogP contribution in [0, 0.1) is 0 Å². The summed E-state index contributed by atoms with van der Waals surface area (Å²) in [5.74, 6) is 0. The van der Waals surface area contributed by atoms with Crippen LogP contribution in [0.3, 0.4) is 0 Å². The Kier molecular flexibility index (Phi) is 8.42. The molecule has 0 aliphatic heterocycles. The number of hydrogen-bond donors (Lipinski definition) is 0. The summed E-state index contributed by atoms with van der Waals surface area (Å²) in [5, 5.41) is 7.54. The SMILES string of the molecule is c1ccc(-c2ccc(N(c3ccc4c(c3)sc3ccccc34)c3cccc(-c4ccccc4-c4ccccc4)c3-c3cc4ccccc4c4ccccc34)cc2)cc1. The van der Waals surface area contributed by atoms with Crippen LogP contribution in [0.4, 0.5) is 17.1 Å². The van der Waals surface area contributed by atoms with E-state index in [0.717, 1.165) is 17.1 Å². The van der Waals surface area contributed by atoms with Crippen LogP contribution in [0.25, 0.3) is 86.2 Å². The fourth-order valence-electron chi connectivity index (χ4n) is 8.80. The average Bonchev–Trinajstić information content (AvgIpc) is 3.68. The van der Waals surface area contributed by atoms with Gasteiger partial charge in [-0.3, -0.25) is 0 Å². The largest absolute Gasteiger partial charge is 0.310 e. The third-order valence-corrected chi connectivity index (χ3v) is 12.6. The minimum Gasteiger partial charge on any atom is -0.310 e. The Morgan fingerprint density at radius 1 is 0.293 bits per heavy atom. The summed E-state index contributed by atoms with van der Waals surface area (Å²) in [7, 11) is 0. The van der Waals surface area contributed by atoms with Crippen LogP contribution in [0.2, 0.25) is 0 Å². The summed E-state index contributed by atoms with van der Waals surface area (Å²) < 4.78 is 2.57. The van der Waals surface area contributed by atoms with E-state index >= 15 is 0 Å². The topological polar surface area (TPSA) is 3.24 Å². The summed E-state index contributed by atoms with van der Waals surface area (Å²) >= 11 is 1.86. The molecule has 11 rings (SSSR count). The van der Waals surface area contributed by atoms with Gasteiger partial charge in [-0.05, 0) is 103 Å². The first-order valence-electron chi connectivity index (χ1n) is 19.8. The third kappa shape index (κ3) is 5.86. The highest BCUT2D eigenvalue weighted by Gasteiger charge is 2.24. The van der Waals surface area contributed by atoms with Gasteiger partial charge >= 0.3 is 0 Å². The Bertz CT molecular complexity index is 3270. The molecule has 0 radical (unpaired) electrons. The molecule has 0 fully saturated rings. The van der Waals surface area contributed by atoms with Crippen LogP contribution in [0.15, 0.2) is 224 Å². The van der Waals surface area contributed by atoms with Crippen LogP contribution in [-0.4, -0.2) is 0 Å². The first-order chi connectivity index (χ1) is 28.8. The lowest BCUT2D eigenvalue weighted by Gasteiger charge is -2.30. The molecule has 1 aromatic heterocycles. The second-order valence-electron chi connectivity index (χ2n) is 14.8. The van der Waals surface area contributed by atoms with Crippen molar-refractivity contribution in [1.82, 2.24) is 0 Å². The summed E-state index contributed by atoms with van der Waals surface area (Å²) in [6.07, 6.45) is 0. The predicted molar refractivity (Wildman–Crippen MR) is 251 cm³/mol. The van der Waals surface area contributed by atoms with Gasteiger partial charge in [-0.2, -0.15) is 0 Å². The maximum absolute atomic E-state index is 2.48. The molecule has 0 saturated heterocycles. The second kappa shape index (κ2) is 14.4. The van der Waals surface area contributed by atoms with E-state index in [0.29, 0.717) is 0 Å². The Morgan fingerprint density at radius 2 is 0.862 bits per heavy atom. The van der Waals surface area contributed by atoms with Crippen molar-refractivity contribution in [3.05, 3.63) is 224 Å². The molecule has 1 nitrogen and oxygen atoms in total. The summed E-state index contributed by atoms with van der Waals surface area (Å²) in [4.78, 5) is 2.48. The van der Waals surface area contributed by atoms with Crippen molar-refractivity contribution in [2.45, 2.75) is 0 Å². The molecule has 0 unspecified atom stereocenters. The molecular weight excluding hydrogens is 719 g/mol. The Morgan fingerprint density at radius 3 is 1.66 bits per heavy atom. The third-order valence-electron chi connectivity index (χ3n) is 11.5. The number of thiophene rings is 1. The lowest BCUT2D eigenvalue weighted by molar-refractivity contribution is 1.29. The van der Waals surface area contributed by atoms with E-state index < -0.39 is 0 Å². The van der Waals surface area contributed by atoms with Crippen molar-refractivity contribution < 1.29 is 0 Å². The van der Waals surface area contributed by atoms with Crippen molar-refractivity contribution in [2.24, 2.45) is 0 Å². The molecule has 0 bridgehead atoms. The van der Waals surface area contributed by atoms with Gasteiger partial charge in [0.05, 0.1) is 5.69 Å². The molecule has 272 valence electrons. The highest BCUT2D eigenvalue weighted by Crippen LogP contribution is 2.50. The number of hydrogen-bond acceptors (Lipinski definition) is 2. The van der Waals surface area contributed by atoms with Gasteiger partial charge in [0.1, 0.15) is 0 Å². The molecule has 0 amide bonds. The van der Waals surface area contributed by atoms with Crippen molar-refractivity contribution in [3.63, 3.8) is 0 Å². The monoisotopic (exact) mass is 755 g/mol. The Hall–Kier alpha value is -7.26. The first kappa shape index (κ1) is 34.0. The number of anilines is 3. The van der Waals surface area contributed by atoms with Crippen LogP contribution in [0.5, 0.6) is 0 Å². The van der Waals surface area contributed by atoms with E-state index in [9.17, 15) is 0 Å². The summed E-state index contributed by atoms with van der Waals surface area (Å²) in [6, 6.07) is 82.1. The molecule has 2 heteroatoms. The zero-order valence-electron chi connectivity index (χ0n) is 31.7. The van der Waals surface area contributed by atoms with Crippen LogP contribution >= 0.6 is 11.3 Å². The predicted octanol–water partition coefficient (Wildman–Crippen LogP) is 16.5. The molecular formula is C56H37NS. The van der Waals surface area contributed by atoms with Crippen molar-refractivity contribution in [2.75, 3.05) is 4.90 Å². The maximum atomic E-state index is 2.48. The fourth-order valence-corrected chi connectivity index (χ4v) is 9.94. The zero-order valence-corrected chi connectivity index (χ0v) is 32.5. The van der Waals surface area contributed by atoms with Gasteiger partial charge in [-0.25, -0.2) is 0 Å².